The number of rotatable bonds is 20. The van der Waals surface area contributed by atoms with E-state index in [0.29, 0.717) is 24.4 Å². The smallest absolute Gasteiger partial charge is 0.306 e. The summed E-state index contributed by atoms with van der Waals surface area (Å²) in [5.74, 6) is 1.51. The fourth-order valence-electron chi connectivity index (χ4n) is 10.1. The zero-order chi connectivity index (χ0) is 35.9. The molecule has 1 aromatic heterocycles. The second kappa shape index (κ2) is 19.8. The van der Waals surface area contributed by atoms with E-state index in [4.69, 9.17) is 9.47 Å². The molecule has 0 saturated heterocycles. The van der Waals surface area contributed by atoms with Crippen LogP contribution in [0.4, 0.5) is 0 Å². The van der Waals surface area contributed by atoms with E-state index in [1.165, 1.54) is 87.3 Å². The fourth-order valence-corrected chi connectivity index (χ4v) is 10.1. The third kappa shape index (κ3) is 10.6. The maximum absolute atomic E-state index is 12.8. The van der Waals surface area contributed by atoms with Crippen molar-refractivity contribution in [2.75, 3.05) is 6.61 Å². The summed E-state index contributed by atoms with van der Waals surface area (Å²) >= 11 is 0. The molecule has 0 N–H and O–H groups in total. The predicted octanol–water partition coefficient (Wildman–Crippen LogP) is 12.1. The number of allylic oxidation sites excluding steroid dienone is 7. The van der Waals surface area contributed by atoms with Gasteiger partial charge in [0.15, 0.2) is 0 Å². The third-order valence-corrected chi connectivity index (χ3v) is 13.1. The lowest BCUT2D eigenvalue weighted by Gasteiger charge is -2.57. The molecule has 0 bridgehead atoms. The van der Waals surface area contributed by atoms with Crippen molar-refractivity contribution in [3.63, 3.8) is 0 Å². The van der Waals surface area contributed by atoms with Gasteiger partial charge < -0.3 is 9.47 Å². The van der Waals surface area contributed by atoms with E-state index in [0.717, 1.165) is 51.4 Å². The standard InChI is InChI=1S/C46H67NO4/c1-4-5-6-7-8-9-10-11-12-13-14-15-16-17-18-19-33-50-43(48)26-27-44(49)51-38-28-30-45(2)37(34-38)22-23-39-41-25-24-40(36-21-20-32-47-35-36)46(41,3)31-29-42(39)45/h8-9,11-12,20-22,24,32,35,38-39,41-42H,4-7,10,13-19,23,25-31,33-34H2,1-3H3/b9-8-,12-11-/t38-,39-,41?,42?,45-,46+/m0/s1. The number of hydrogen-bond acceptors (Lipinski definition) is 5. The van der Waals surface area contributed by atoms with Gasteiger partial charge in [-0.25, -0.2) is 0 Å². The molecule has 4 aliphatic carbocycles. The molecule has 0 aromatic carbocycles. The summed E-state index contributed by atoms with van der Waals surface area (Å²) in [5.41, 5.74) is 4.72. The van der Waals surface area contributed by atoms with E-state index in [-0.39, 0.29) is 41.7 Å². The Morgan fingerprint density at radius 1 is 0.824 bits per heavy atom. The number of carbonyl (C=O) groups is 2. The number of carbonyl (C=O) groups excluding carboxylic acids is 2. The monoisotopic (exact) mass is 698 g/mol. The van der Waals surface area contributed by atoms with E-state index >= 15 is 0 Å². The predicted molar refractivity (Wildman–Crippen MR) is 209 cm³/mol. The first-order chi connectivity index (χ1) is 24.8. The normalized spacial score (nSPS) is 28.5. The number of hydrogen-bond donors (Lipinski definition) is 0. The van der Waals surface area contributed by atoms with Crippen LogP contribution < -0.4 is 0 Å². The largest absolute Gasteiger partial charge is 0.466 e. The summed E-state index contributed by atoms with van der Waals surface area (Å²) in [7, 11) is 0. The Hall–Kier alpha value is -2.95. The molecule has 2 unspecified atom stereocenters. The van der Waals surface area contributed by atoms with Gasteiger partial charge in [-0.3, -0.25) is 14.6 Å². The van der Waals surface area contributed by atoms with Gasteiger partial charge in [0.2, 0.25) is 0 Å². The lowest BCUT2D eigenvalue weighted by atomic mass is 9.47. The molecule has 1 aromatic rings. The van der Waals surface area contributed by atoms with Crippen LogP contribution in [0.1, 0.15) is 161 Å². The molecule has 2 saturated carbocycles. The van der Waals surface area contributed by atoms with Crippen molar-refractivity contribution in [1.82, 2.24) is 4.98 Å². The van der Waals surface area contributed by atoms with Crippen molar-refractivity contribution >= 4 is 17.5 Å². The number of fused-ring (bicyclic) bond motifs is 5. The maximum Gasteiger partial charge on any atom is 0.306 e. The van der Waals surface area contributed by atoms with Gasteiger partial charge in [0.05, 0.1) is 19.4 Å². The number of ether oxygens (including phenoxy) is 2. The molecule has 2 fully saturated rings. The fraction of sp³-hybridized carbons (Fsp3) is 0.674. The minimum absolute atomic E-state index is 0.0816. The minimum Gasteiger partial charge on any atom is -0.466 e. The lowest BCUT2D eigenvalue weighted by Crippen LogP contribution is -2.50. The summed E-state index contributed by atoms with van der Waals surface area (Å²) in [6.07, 6.45) is 40.1. The van der Waals surface area contributed by atoms with Gasteiger partial charge in [0.25, 0.3) is 0 Å². The highest BCUT2D eigenvalue weighted by Gasteiger charge is 2.57. The van der Waals surface area contributed by atoms with Gasteiger partial charge >= 0.3 is 11.9 Å². The van der Waals surface area contributed by atoms with Crippen LogP contribution in [0.5, 0.6) is 0 Å². The lowest BCUT2D eigenvalue weighted by molar-refractivity contribution is -0.155. The van der Waals surface area contributed by atoms with Crippen molar-refractivity contribution in [3.8, 4) is 0 Å². The highest BCUT2D eigenvalue weighted by atomic mass is 16.5. The summed E-state index contributed by atoms with van der Waals surface area (Å²) in [4.78, 5) is 29.5. The van der Waals surface area contributed by atoms with E-state index in [9.17, 15) is 9.59 Å². The number of aromatic nitrogens is 1. The van der Waals surface area contributed by atoms with Crippen molar-refractivity contribution in [2.24, 2.45) is 28.6 Å². The van der Waals surface area contributed by atoms with Gasteiger partial charge in [-0.2, -0.15) is 0 Å². The zero-order valence-electron chi connectivity index (χ0n) is 32.2. The topological polar surface area (TPSA) is 65.5 Å². The Morgan fingerprint density at radius 2 is 1.55 bits per heavy atom. The second-order valence-electron chi connectivity index (χ2n) is 16.5. The van der Waals surface area contributed by atoms with Crippen LogP contribution in [0, 0.1) is 28.6 Å². The van der Waals surface area contributed by atoms with Crippen LogP contribution in [-0.4, -0.2) is 29.6 Å². The molecule has 5 heteroatoms. The highest BCUT2D eigenvalue weighted by Crippen LogP contribution is 2.66. The van der Waals surface area contributed by atoms with Crippen molar-refractivity contribution in [1.29, 1.82) is 0 Å². The van der Waals surface area contributed by atoms with E-state index < -0.39 is 0 Å². The van der Waals surface area contributed by atoms with E-state index in [1.807, 2.05) is 12.4 Å². The first-order valence-electron chi connectivity index (χ1n) is 20.8. The average Bonchev–Trinajstić information content (AvgIpc) is 3.50. The van der Waals surface area contributed by atoms with Crippen molar-refractivity contribution in [2.45, 2.75) is 162 Å². The van der Waals surface area contributed by atoms with Gasteiger partial charge in [0, 0.05) is 18.8 Å². The Labute approximate surface area is 309 Å². The molecular weight excluding hydrogens is 631 g/mol. The Bertz CT molecular complexity index is 1380. The first-order valence-corrected chi connectivity index (χ1v) is 20.8. The van der Waals surface area contributed by atoms with Crippen molar-refractivity contribution < 1.29 is 19.1 Å². The van der Waals surface area contributed by atoms with Crippen LogP contribution in [-0.2, 0) is 19.1 Å². The van der Waals surface area contributed by atoms with Gasteiger partial charge in [-0.05, 0) is 123 Å². The number of unbranched alkanes of at least 4 members (excludes halogenated alkanes) is 9. The molecule has 0 aliphatic heterocycles. The van der Waals surface area contributed by atoms with Gasteiger partial charge in [-0.1, -0.05) is 107 Å². The molecule has 51 heavy (non-hydrogen) atoms. The number of pyridine rings is 1. The average molecular weight is 698 g/mol. The molecule has 0 amide bonds. The minimum atomic E-state index is -0.288. The molecule has 4 aliphatic rings. The summed E-state index contributed by atoms with van der Waals surface area (Å²) in [6.45, 7) is 7.69. The third-order valence-electron chi connectivity index (χ3n) is 13.1. The van der Waals surface area contributed by atoms with E-state index in [1.54, 1.807) is 0 Å². The van der Waals surface area contributed by atoms with Crippen LogP contribution in [0.15, 0.2) is 66.6 Å². The molecule has 0 radical (unpaired) electrons. The number of esters is 2. The molecule has 5 rings (SSSR count). The maximum atomic E-state index is 12.8. The molecule has 1 heterocycles. The zero-order valence-corrected chi connectivity index (χ0v) is 32.2. The Balaban J connectivity index is 0.918. The molecular formula is C46H67NO4. The van der Waals surface area contributed by atoms with Gasteiger partial charge in [0.1, 0.15) is 6.10 Å². The van der Waals surface area contributed by atoms with E-state index in [2.05, 4.69) is 74.3 Å². The summed E-state index contributed by atoms with van der Waals surface area (Å²) < 4.78 is 11.4. The quantitative estimate of drug-likeness (QED) is 0.0771. The first kappa shape index (κ1) is 39.3. The van der Waals surface area contributed by atoms with Crippen LogP contribution >= 0.6 is 0 Å². The highest BCUT2D eigenvalue weighted by molar-refractivity contribution is 5.77. The second-order valence-corrected chi connectivity index (χ2v) is 16.5. The van der Waals surface area contributed by atoms with Crippen molar-refractivity contribution in [3.05, 3.63) is 72.1 Å². The molecule has 6 atom stereocenters. The molecule has 280 valence electrons. The summed E-state index contributed by atoms with van der Waals surface area (Å²) in [5, 5.41) is 0. The SMILES string of the molecule is CCCCC/C=C\C/C=C\CCCCCCCCOC(=O)CCC(=O)O[C@H]1CC[C@@]2(C)C(=CC[C@@H]3C2CC[C@]2(C)C(c4cccnc4)=CCC32)C1. The van der Waals surface area contributed by atoms with Crippen LogP contribution in [0.2, 0.25) is 0 Å². The Kier molecular flexibility index (Phi) is 15.2. The van der Waals surface area contributed by atoms with Gasteiger partial charge in [-0.15, -0.1) is 0 Å². The van der Waals surface area contributed by atoms with Crippen LogP contribution in [0.3, 0.4) is 0 Å². The molecule has 0 spiro atoms. The number of nitrogens with zero attached hydrogens (tertiary/aromatic N) is 1. The molecule has 5 nitrogen and oxygen atoms in total. The van der Waals surface area contributed by atoms with Crippen LogP contribution in [0.25, 0.3) is 5.57 Å². The Morgan fingerprint density at radius 3 is 2.31 bits per heavy atom. The summed E-state index contributed by atoms with van der Waals surface area (Å²) in [6, 6.07) is 4.29.